The van der Waals surface area contributed by atoms with Crippen molar-refractivity contribution in [1.29, 1.82) is 0 Å². The van der Waals surface area contributed by atoms with Crippen molar-refractivity contribution in [2.24, 2.45) is 0 Å². The summed E-state index contributed by atoms with van der Waals surface area (Å²) in [5, 5.41) is 2.70. The summed E-state index contributed by atoms with van der Waals surface area (Å²) in [4.78, 5) is 13.4. The first-order chi connectivity index (χ1) is 9.69. The monoisotopic (exact) mass is 308 g/mol. The highest BCUT2D eigenvalue weighted by Gasteiger charge is 2.09. The number of methoxy groups -OCH3 is 1. The predicted octanol–water partition coefficient (Wildman–Crippen LogP) is 4.54. The predicted molar refractivity (Wildman–Crippen MR) is 84.0 cm³/mol. The second-order valence-electron chi connectivity index (χ2n) is 4.60. The van der Waals surface area contributed by atoms with Crippen LogP contribution in [0.15, 0.2) is 35.7 Å². The molecule has 1 heterocycles. The first kappa shape index (κ1) is 15.1. The van der Waals surface area contributed by atoms with Crippen LogP contribution >= 0.6 is 22.9 Å². The van der Waals surface area contributed by atoms with Gasteiger partial charge < -0.3 is 4.74 Å². The SMILES string of the molecule is COc1ccc(Cl)cc1CC(=O)CCCc1cccs1. The van der Waals surface area contributed by atoms with Crippen LogP contribution in [0, 0.1) is 0 Å². The molecule has 0 aliphatic rings. The Bertz CT molecular complexity index is 564. The topological polar surface area (TPSA) is 26.3 Å². The number of rotatable bonds is 7. The number of carbonyl (C=O) groups excluding carboxylic acids is 1. The van der Waals surface area contributed by atoms with Gasteiger partial charge in [-0.1, -0.05) is 17.7 Å². The number of carbonyl (C=O) groups is 1. The van der Waals surface area contributed by atoms with Crippen LogP contribution in [0.5, 0.6) is 5.75 Å². The molecule has 0 fully saturated rings. The molecule has 0 aliphatic heterocycles. The summed E-state index contributed by atoms with van der Waals surface area (Å²) in [6.07, 6.45) is 2.83. The summed E-state index contributed by atoms with van der Waals surface area (Å²) in [5.41, 5.74) is 0.862. The molecule has 4 heteroatoms. The van der Waals surface area contributed by atoms with Crippen LogP contribution in [0.3, 0.4) is 0 Å². The van der Waals surface area contributed by atoms with Crippen LogP contribution in [-0.4, -0.2) is 12.9 Å². The number of benzene rings is 1. The van der Waals surface area contributed by atoms with Crippen LogP contribution in [0.25, 0.3) is 0 Å². The van der Waals surface area contributed by atoms with Crippen LogP contribution < -0.4 is 4.74 Å². The van der Waals surface area contributed by atoms with Crippen molar-refractivity contribution >= 4 is 28.7 Å². The van der Waals surface area contributed by atoms with Gasteiger partial charge in [0, 0.05) is 28.3 Å². The molecule has 0 bridgehead atoms. The summed E-state index contributed by atoms with van der Waals surface area (Å²) < 4.78 is 5.26. The zero-order chi connectivity index (χ0) is 14.4. The molecule has 2 rings (SSSR count). The molecule has 0 N–H and O–H groups in total. The maximum absolute atomic E-state index is 12.0. The van der Waals surface area contributed by atoms with E-state index in [2.05, 4.69) is 11.4 Å². The Morgan fingerprint density at radius 2 is 2.20 bits per heavy atom. The van der Waals surface area contributed by atoms with Crippen molar-refractivity contribution in [2.45, 2.75) is 25.7 Å². The van der Waals surface area contributed by atoms with Gasteiger partial charge in [0.25, 0.3) is 0 Å². The number of ketones is 1. The number of hydrogen-bond donors (Lipinski definition) is 0. The molecular formula is C16H17ClO2S. The Kier molecular flexibility index (Phi) is 5.62. The summed E-state index contributed by atoms with van der Waals surface area (Å²) in [6.45, 7) is 0. The molecule has 0 unspecified atom stereocenters. The first-order valence-electron chi connectivity index (χ1n) is 6.55. The number of hydrogen-bond acceptors (Lipinski definition) is 3. The van der Waals surface area contributed by atoms with Gasteiger partial charge in [0.1, 0.15) is 11.5 Å². The lowest BCUT2D eigenvalue weighted by molar-refractivity contribution is -0.118. The van der Waals surface area contributed by atoms with E-state index < -0.39 is 0 Å². The maximum Gasteiger partial charge on any atom is 0.137 e. The average Bonchev–Trinajstić information content (AvgIpc) is 2.92. The highest BCUT2D eigenvalue weighted by atomic mass is 35.5. The minimum absolute atomic E-state index is 0.224. The van der Waals surface area contributed by atoms with Crippen molar-refractivity contribution in [3.05, 3.63) is 51.2 Å². The number of thiophene rings is 1. The molecule has 0 radical (unpaired) electrons. The molecule has 0 spiro atoms. The maximum atomic E-state index is 12.0. The van der Waals surface area contributed by atoms with Crippen molar-refractivity contribution in [2.75, 3.05) is 7.11 Å². The normalized spacial score (nSPS) is 10.5. The standard InChI is InChI=1S/C16H17ClO2S/c1-19-16-8-7-13(17)10-12(16)11-14(18)4-2-5-15-6-3-9-20-15/h3,6-10H,2,4-5,11H2,1H3. The number of halogens is 1. The quantitative estimate of drug-likeness (QED) is 0.750. The largest absolute Gasteiger partial charge is 0.496 e. The van der Waals surface area contributed by atoms with Gasteiger partial charge in [0.2, 0.25) is 0 Å². The van der Waals surface area contributed by atoms with Crippen molar-refractivity contribution in [3.8, 4) is 5.75 Å². The Morgan fingerprint density at radius 3 is 2.90 bits per heavy atom. The summed E-state index contributed by atoms with van der Waals surface area (Å²) >= 11 is 7.70. The molecule has 0 saturated carbocycles. The van der Waals surface area contributed by atoms with Gasteiger partial charge in [0.05, 0.1) is 7.11 Å². The molecule has 2 nitrogen and oxygen atoms in total. The number of ether oxygens (including phenoxy) is 1. The molecule has 0 saturated heterocycles. The van der Waals surface area contributed by atoms with Gasteiger partial charge in [-0.25, -0.2) is 0 Å². The summed E-state index contributed by atoms with van der Waals surface area (Å²) in [5.74, 6) is 0.947. The average molecular weight is 309 g/mol. The zero-order valence-electron chi connectivity index (χ0n) is 11.4. The Hall–Kier alpha value is -1.32. The minimum Gasteiger partial charge on any atom is -0.496 e. The molecule has 20 heavy (non-hydrogen) atoms. The van der Waals surface area contributed by atoms with E-state index in [0.29, 0.717) is 17.9 Å². The lowest BCUT2D eigenvalue weighted by atomic mass is 10.0. The highest BCUT2D eigenvalue weighted by molar-refractivity contribution is 7.09. The van der Waals surface area contributed by atoms with E-state index in [-0.39, 0.29) is 5.78 Å². The van der Waals surface area contributed by atoms with E-state index in [0.717, 1.165) is 24.2 Å². The van der Waals surface area contributed by atoms with Crippen LogP contribution in [0.2, 0.25) is 5.02 Å². The van der Waals surface area contributed by atoms with Crippen LogP contribution in [-0.2, 0) is 17.6 Å². The van der Waals surface area contributed by atoms with E-state index in [1.54, 1.807) is 36.6 Å². The van der Waals surface area contributed by atoms with E-state index >= 15 is 0 Å². The zero-order valence-corrected chi connectivity index (χ0v) is 13.0. The second kappa shape index (κ2) is 7.46. The molecule has 1 aromatic carbocycles. The van der Waals surface area contributed by atoms with E-state index in [9.17, 15) is 4.79 Å². The van der Waals surface area contributed by atoms with Gasteiger partial charge in [-0.15, -0.1) is 11.3 Å². The molecular weight excluding hydrogens is 292 g/mol. The Balaban J connectivity index is 1.86. The fraction of sp³-hybridized carbons (Fsp3) is 0.312. The molecule has 2 aromatic rings. The van der Waals surface area contributed by atoms with Crippen LogP contribution in [0.1, 0.15) is 23.3 Å². The van der Waals surface area contributed by atoms with Gasteiger partial charge in [-0.3, -0.25) is 4.79 Å². The third-order valence-electron chi connectivity index (χ3n) is 3.09. The van der Waals surface area contributed by atoms with E-state index in [1.165, 1.54) is 4.88 Å². The van der Waals surface area contributed by atoms with Gasteiger partial charge in [0.15, 0.2) is 0 Å². The minimum atomic E-state index is 0.224. The van der Waals surface area contributed by atoms with Gasteiger partial charge in [-0.2, -0.15) is 0 Å². The lowest BCUT2D eigenvalue weighted by Crippen LogP contribution is -2.04. The van der Waals surface area contributed by atoms with Gasteiger partial charge in [-0.05, 0) is 42.5 Å². The van der Waals surface area contributed by atoms with Crippen LogP contribution in [0.4, 0.5) is 0 Å². The fourth-order valence-corrected chi connectivity index (χ4v) is 3.05. The summed E-state index contributed by atoms with van der Waals surface area (Å²) in [6, 6.07) is 9.52. The number of aryl methyl sites for hydroxylation is 1. The third-order valence-corrected chi connectivity index (χ3v) is 4.26. The Labute approximate surface area is 128 Å². The first-order valence-corrected chi connectivity index (χ1v) is 7.81. The molecule has 106 valence electrons. The third kappa shape index (κ3) is 4.36. The molecule has 1 aromatic heterocycles. The van der Waals surface area contributed by atoms with E-state index in [4.69, 9.17) is 16.3 Å². The van der Waals surface area contributed by atoms with Gasteiger partial charge >= 0.3 is 0 Å². The smallest absolute Gasteiger partial charge is 0.137 e. The van der Waals surface area contributed by atoms with Crippen molar-refractivity contribution < 1.29 is 9.53 Å². The molecule has 0 aliphatic carbocycles. The lowest BCUT2D eigenvalue weighted by Gasteiger charge is -2.08. The molecule has 0 amide bonds. The van der Waals surface area contributed by atoms with E-state index in [1.807, 2.05) is 6.07 Å². The number of Topliss-reactive ketones (excluding diaryl/α,β-unsaturated/α-hetero) is 1. The highest BCUT2D eigenvalue weighted by Crippen LogP contribution is 2.23. The summed E-state index contributed by atoms with van der Waals surface area (Å²) in [7, 11) is 1.61. The fourth-order valence-electron chi connectivity index (χ4n) is 2.10. The van der Waals surface area contributed by atoms with Crippen molar-refractivity contribution in [1.82, 2.24) is 0 Å². The second-order valence-corrected chi connectivity index (χ2v) is 6.07. The Morgan fingerprint density at radius 1 is 1.35 bits per heavy atom. The molecule has 0 atom stereocenters. The van der Waals surface area contributed by atoms with Crippen molar-refractivity contribution in [3.63, 3.8) is 0 Å².